The molecular formula is C32H28F6N10O4S2. The van der Waals surface area contributed by atoms with Gasteiger partial charge in [-0.05, 0) is 54.6 Å². The molecule has 12 N–H and O–H groups in total. The van der Waals surface area contributed by atoms with Crippen molar-refractivity contribution >= 4 is 78.2 Å². The number of alkyl halides is 6. The van der Waals surface area contributed by atoms with E-state index >= 15 is 0 Å². The number of fused-ring (bicyclic) bond motifs is 2. The molecule has 4 heterocycles. The second-order valence-corrected chi connectivity index (χ2v) is 13.0. The molecule has 6 rings (SSSR count). The van der Waals surface area contributed by atoms with Gasteiger partial charge in [0.2, 0.25) is 0 Å². The standard InChI is InChI=1S/2C16H14F3N5O2S/c1-22-15(21)24-14(25)11-6-8-9(16(17,18)19)4-7(5-10(8)23-11)26-13-3-2-12(20)27-13;1-22-15(21)24-14(25)9-6-7-8(16(17,18)19)2-3-10(13(7)23-9)26-12-5-4-11(20)27-12/h2*2-6,23H,20H2,1H3,(H3,21,22,24,25). The summed E-state index contributed by atoms with van der Waals surface area (Å²) in [5.41, 5.74) is 20.1. The molecule has 0 spiro atoms. The molecule has 284 valence electrons. The van der Waals surface area contributed by atoms with E-state index in [0.717, 1.165) is 46.9 Å². The van der Waals surface area contributed by atoms with Crippen LogP contribution in [0, 0.1) is 0 Å². The Hall–Kier alpha value is -6.42. The zero-order chi connectivity index (χ0) is 39.5. The number of halogens is 6. The number of hydrogen-bond acceptors (Lipinski definition) is 10. The maximum absolute atomic E-state index is 13.5. The number of rotatable bonds is 6. The van der Waals surface area contributed by atoms with Crippen molar-refractivity contribution in [3.05, 3.63) is 83.2 Å². The quantitative estimate of drug-likeness (QED) is 0.0519. The first kappa shape index (κ1) is 38.8. The third-order valence-corrected chi connectivity index (χ3v) is 8.75. The van der Waals surface area contributed by atoms with Crippen LogP contribution in [0.4, 0.5) is 36.3 Å². The molecule has 54 heavy (non-hydrogen) atoms. The van der Waals surface area contributed by atoms with Crippen LogP contribution in [0.1, 0.15) is 32.1 Å². The molecule has 0 bridgehead atoms. The molecule has 0 saturated carbocycles. The highest BCUT2D eigenvalue weighted by Gasteiger charge is 2.35. The molecule has 0 unspecified atom stereocenters. The number of carbonyl (C=O) groups is 2. The lowest BCUT2D eigenvalue weighted by atomic mass is 10.1. The van der Waals surface area contributed by atoms with Crippen molar-refractivity contribution in [2.75, 3.05) is 25.6 Å². The van der Waals surface area contributed by atoms with Crippen LogP contribution in [0.2, 0.25) is 0 Å². The molecule has 0 aliphatic carbocycles. The zero-order valence-corrected chi connectivity index (χ0v) is 29.3. The van der Waals surface area contributed by atoms with Gasteiger partial charge in [-0.25, -0.2) is 0 Å². The van der Waals surface area contributed by atoms with Gasteiger partial charge in [-0.2, -0.15) is 26.3 Å². The number of anilines is 2. The Morgan fingerprint density at radius 1 is 0.685 bits per heavy atom. The highest BCUT2D eigenvalue weighted by molar-refractivity contribution is 7.17. The van der Waals surface area contributed by atoms with E-state index in [1.54, 1.807) is 24.3 Å². The average Bonchev–Trinajstić information content (AvgIpc) is 3.90. The number of amides is 2. The summed E-state index contributed by atoms with van der Waals surface area (Å²) in [6.45, 7) is 0. The van der Waals surface area contributed by atoms with E-state index in [9.17, 15) is 35.9 Å². The van der Waals surface area contributed by atoms with Crippen molar-refractivity contribution in [1.29, 1.82) is 0 Å². The predicted molar refractivity (Wildman–Crippen MR) is 194 cm³/mol. The number of aromatic nitrogens is 2. The fourth-order valence-corrected chi connectivity index (χ4v) is 6.04. The van der Waals surface area contributed by atoms with E-state index in [0.29, 0.717) is 20.1 Å². The van der Waals surface area contributed by atoms with Gasteiger partial charge in [-0.3, -0.25) is 30.2 Å². The predicted octanol–water partition coefficient (Wildman–Crippen LogP) is 6.59. The van der Waals surface area contributed by atoms with Crippen molar-refractivity contribution in [3.8, 4) is 21.6 Å². The SMILES string of the molecule is CN=C(N)NC(=O)c1cc2c(C(F)(F)F)cc(Oc3ccc(N)s3)cc2[nH]1.CN=C(N)NC(=O)c1cc2c(C(F)(F)F)ccc(Oc3ccc(N)s3)c2[nH]1. The Kier molecular flexibility index (Phi) is 11.0. The Bertz CT molecular complexity index is 2410. The lowest BCUT2D eigenvalue weighted by Gasteiger charge is -2.11. The number of nitrogens with one attached hydrogen (secondary N) is 4. The summed E-state index contributed by atoms with van der Waals surface area (Å²) in [6.07, 6.45) is -9.25. The lowest BCUT2D eigenvalue weighted by Crippen LogP contribution is -2.36. The number of aliphatic imine (C=N–C) groups is 2. The van der Waals surface area contributed by atoms with Crippen molar-refractivity contribution in [3.63, 3.8) is 0 Å². The number of thiophene rings is 2. The normalized spacial score (nSPS) is 12.4. The first-order chi connectivity index (χ1) is 25.4. The van der Waals surface area contributed by atoms with Crippen LogP contribution < -0.4 is 43.0 Å². The second kappa shape index (κ2) is 15.3. The molecule has 2 aromatic carbocycles. The number of aromatic amines is 2. The number of H-pyrrole nitrogens is 2. The summed E-state index contributed by atoms with van der Waals surface area (Å²) in [6, 6.07) is 12.9. The summed E-state index contributed by atoms with van der Waals surface area (Å²) in [7, 11) is 2.73. The first-order valence-electron chi connectivity index (χ1n) is 15.0. The van der Waals surface area contributed by atoms with Crippen LogP contribution in [0.3, 0.4) is 0 Å². The minimum Gasteiger partial charge on any atom is -0.447 e. The van der Waals surface area contributed by atoms with Gasteiger partial charge >= 0.3 is 12.4 Å². The van der Waals surface area contributed by atoms with Crippen LogP contribution in [0.25, 0.3) is 21.8 Å². The molecule has 14 nitrogen and oxygen atoms in total. The molecule has 0 fully saturated rings. The monoisotopic (exact) mass is 794 g/mol. The average molecular weight is 795 g/mol. The number of hydrogen-bond donors (Lipinski definition) is 8. The van der Waals surface area contributed by atoms with Crippen molar-refractivity contribution in [1.82, 2.24) is 20.6 Å². The third-order valence-electron chi connectivity index (χ3n) is 7.17. The molecule has 0 aliphatic rings. The van der Waals surface area contributed by atoms with Crippen molar-refractivity contribution in [2.45, 2.75) is 12.4 Å². The van der Waals surface area contributed by atoms with Gasteiger partial charge in [0.1, 0.15) is 17.1 Å². The number of guanidine groups is 2. The Morgan fingerprint density at radius 3 is 1.70 bits per heavy atom. The molecule has 0 atom stereocenters. The van der Waals surface area contributed by atoms with Gasteiger partial charge in [0.25, 0.3) is 11.8 Å². The van der Waals surface area contributed by atoms with E-state index in [1.807, 2.05) is 0 Å². The Morgan fingerprint density at radius 2 is 1.20 bits per heavy atom. The van der Waals surface area contributed by atoms with E-state index in [1.165, 1.54) is 26.2 Å². The lowest BCUT2D eigenvalue weighted by molar-refractivity contribution is -0.137. The highest BCUT2D eigenvalue weighted by Crippen LogP contribution is 2.42. The minimum absolute atomic E-state index is 0.0222. The number of ether oxygens (including phenoxy) is 2. The summed E-state index contributed by atoms with van der Waals surface area (Å²) >= 11 is 2.23. The van der Waals surface area contributed by atoms with Crippen LogP contribution in [-0.4, -0.2) is 47.8 Å². The molecular weight excluding hydrogens is 767 g/mol. The molecule has 22 heteroatoms. The number of carbonyl (C=O) groups excluding carboxylic acids is 2. The van der Waals surface area contributed by atoms with Crippen LogP contribution in [0.5, 0.6) is 21.6 Å². The number of benzene rings is 2. The molecule has 0 aliphatic heterocycles. The number of nitrogen functional groups attached to an aromatic ring is 2. The minimum atomic E-state index is -4.65. The highest BCUT2D eigenvalue weighted by atomic mass is 32.1. The van der Waals surface area contributed by atoms with Gasteiger partial charge in [-0.15, -0.1) is 0 Å². The van der Waals surface area contributed by atoms with E-state index in [4.69, 9.17) is 32.4 Å². The fraction of sp³-hybridized carbons (Fsp3) is 0.125. The van der Waals surface area contributed by atoms with Gasteiger partial charge in [0.05, 0.1) is 32.2 Å². The van der Waals surface area contributed by atoms with Crippen LogP contribution in [-0.2, 0) is 12.4 Å². The number of nitrogens with two attached hydrogens (primary N) is 4. The smallest absolute Gasteiger partial charge is 0.417 e. The summed E-state index contributed by atoms with van der Waals surface area (Å²) < 4.78 is 91.6. The maximum atomic E-state index is 13.5. The van der Waals surface area contributed by atoms with Gasteiger partial charge in [0, 0.05) is 30.9 Å². The largest absolute Gasteiger partial charge is 0.447 e. The third kappa shape index (κ3) is 8.95. The Balaban J connectivity index is 0.000000208. The fourth-order valence-electron chi connectivity index (χ4n) is 4.76. The topological polar surface area (TPSA) is 237 Å². The summed E-state index contributed by atoms with van der Waals surface area (Å²) in [5.74, 6) is -1.69. The molecule has 2 amide bonds. The molecule has 0 radical (unpaired) electrons. The first-order valence-corrected chi connectivity index (χ1v) is 16.6. The number of nitrogens with zero attached hydrogens (tertiary/aromatic N) is 2. The zero-order valence-electron chi connectivity index (χ0n) is 27.7. The van der Waals surface area contributed by atoms with E-state index < -0.39 is 35.3 Å². The summed E-state index contributed by atoms with van der Waals surface area (Å²) in [4.78, 5) is 36.7. The van der Waals surface area contributed by atoms with E-state index in [2.05, 4.69) is 30.6 Å². The van der Waals surface area contributed by atoms with Crippen LogP contribution >= 0.6 is 22.7 Å². The molecule has 0 saturated heterocycles. The maximum Gasteiger partial charge on any atom is 0.417 e. The van der Waals surface area contributed by atoms with Crippen LogP contribution in [0.15, 0.2) is 70.6 Å². The summed E-state index contributed by atoms with van der Waals surface area (Å²) in [5, 5.41) is 5.84. The van der Waals surface area contributed by atoms with Crippen molar-refractivity contribution < 1.29 is 45.4 Å². The van der Waals surface area contributed by atoms with Gasteiger partial charge in [-0.1, -0.05) is 22.7 Å². The molecule has 6 aromatic rings. The van der Waals surface area contributed by atoms with E-state index in [-0.39, 0.29) is 56.6 Å². The van der Waals surface area contributed by atoms with Gasteiger partial charge < -0.3 is 42.4 Å². The Labute approximate surface area is 307 Å². The van der Waals surface area contributed by atoms with Gasteiger partial charge in [0.15, 0.2) is 27.8 Å². The van der Waals surface area contributed by atoms with Crippen molar-refractivity contribution in [2.24, 2.45) is 21.5 Å². The molecule has 4 aromatic heterocycles. The second-order valence-electron chi connectivity index (χ2n) is 10.8.